The summed E-state index contributed by atoms with van der Waals surface area (Å²) >= 11 is 6.13. The highest BCUT2D eigenvalue weighted by molar-refractivity contribution is 6.30. The van der Waals surface area contributed by atoms with Crippen LogP contribution in [0.2, 0.25) is 5.02 Å². The van der Waals surface area contributed by atoms with Gasteiger partial charge in [-0.05, 0) is 17.5 Å². The van der Waals surface area contributed by atoms with Gasteiger partial charge in [-0.3, -0.25) is 9.59 Å². The summed E-state index contributed by atoms with van der Waals surface area (Å²) in [5.41, 5.74) is 0.564. The minimum Gasteiger partial charge on any atom is -0.369 e. The van der Waals surface area contributed by atoms with Gasteiger partial charge in [-0.25, -0.2) is 15.0 Å². The smallest absolute Gasteiger partial charge is 0.369 e. The van der Waals surface area contributed by atoms with E-state index in [9.17, 15) is 22.8 Å². The largest absolute Gasteiger partial charge is 0.405 e. The van der Waals surface area contributed by atoms with Crippen molar-refractivity contribution in [3.05, 3.63) is 40.9 Å². The molecule has 200 valence electrons. The molecular weight excluding hydrogens is 511 g/mol. The van der Waals surface area contributed by atoms with Crippen molar-refractivity contribution in [2.75, 3.05) is 42.9 Å². The van der Waals surface area contributed by atoms with E-state index in [1.54, 1.807) is 23.2 Å². The Morgan fingerprint density at radius 3 is 2.68 bits per heavy atom. The van der Waals surface area contributed by atoms with Crippen LogP contribution >= 0.6 is 11.6 Å². The van der Waals surface area contributed by atoms with Crippen LogP contribution in [0.1, 0.15) is 44.5 Å². The van der Waals surface area contributed by atoms with Crippen molar-refractivity contribution in [3.8, 4) is 0 Å². The number of carbonyl (C=O) groups excluding carboxylic acids is 2. The molecule has 2 atom stereocenters. The predicted octanol–water partition coefficient (Wildman–Crippen LogP) is 3.21. The van der Waals surface area contributed by atoms with Gasteiger partial charge in [0.05, 0.1) is 17.5 Å². The molecular formula is C24H29ClF3N7O2. The summed E-state index contributed by atoms with van der Waals surface area (Å²) in [6.45, 7) is 5.30. The fraction of sp³-hybridized carbons (Fsp3) is 0.542. The molecule has 4 rings (SSSR count). The third kappa shape index (κ3) is 6.60. The van der Waals surface area contributed by atoms with Crippen molar-refractivity contribution in [3.63, 3.8) is 0 Å². The first kappa shape index (κ1) is 26.9. The molecule has 1 unspecified atom stereocenters. The van der Waals surface area contributed by atoms with Crippen LogP contribution in [-0.4, -0.2) is 76.6 Å². The molecule has 2 aliphatic rings. The molecule has 2 N–H and O–H groups in total. The number of rotatable bonds is 5. The highest BCUT2D eigenvalue weighted by atomic mass is 35.5. The number of carbonyl (C=O) groups is 2. The van der Waals surface area contributed by atoms with Gasteiger partial charge < -0.3 is 20.4 Å². The zero-order chi connectivity index (χ0) is 27.0. The highest BCUT2D eigenvalue weighted by Crippen LogP contribution is 2.35. The summed E-state index contributed by atoms with van der Waals surface area (Å²) < 4.78 is 38.5. The lowest BCUT2D eigenvalue weighted by Gasteiger charge is -2.42. The van der Waals surface area contributed by atoms with Gasteiger partial charge in [0.15, 0.2) is 0 Å². The maximum Gasteiger partial charge on any atom is 0.405 e. The van der Waals surface area contributed by atoms with Crippen molar-refractivity contribution >= 4 is 35.1 Å². The van der Waals surface area contributed by atoms with Gasteiger partial charge in [0, 0.05) is 44.0 Å². The average Bonchev–Trinajstić information content (AvgIpc) is 3.23. The molecule has 37 heavy (non-hydrogen) atoms. The predicted molar refractivity (Wildman–Crippen MR) is 132 cm³/mol. The number of alkyl halides is 3. The third-order valence-electron chi connectivity index (χ3n) is 6.18. The number of hydrogen-bond donors (Lipinski definition) is 2. The first-order valence-electron chi connectivity index (χ1n) is 11.9. The summed E-state index contributed by atoms with van der Waals surface area (Å²) in [6, 6.07) is 2.35. The van der Waals surface area contributed by atoms with E-state index in [4.69, 9.17) is 11.6 Å². The van der Waals surface area contributed by atoms with E-state index < -0.39 is 24.7 Å². The number of nitrogens with zero attached hydrogens (tertiary/aromatic N) is 5. The Balaban J connectivity index is 1.60. The molecule has 9 nitrogen and oxygen atoms in total. The zero-order valence-corrected chi connectivity index (χ0v) is 21.5. The summed E-state index contributed by atoms with van der Waals surface area (Å²) in [4.78, 5) is 42.4. The molecule has 2 aliphatic heterocycles. The molecule has 0 spiro atoms. The molecule has 4 heterocycles. The van der Waals surface area contributed by atoms with E-state index in [0.29, 0.717) is 35.6 Å². The maximum absolute atomic E-state index is 13.0. The van der Waals surface area contributed by atoms with Gasteiger partial charge in [-0.2, -0.15) is 13.2 Å². The lowest BCUT2D eigenvalue weighted by molar-refractivity contribution is -0.141. The number of halogens is 4. The average molecular weight is 540 g/mol. The number of fused-ring (bicyclic) bond motifs is 1. The van der Waals surface area contributed by atoms with E-state index in [2.05, 4.69) is 20.3 Å². The van der Waals surface area contributed by atoms with Gasteiger partial charge in [-0.1, -0.05) is 32.4 Å². The fourth-order valence-electron chi connectivity index (χ4n) is 4.48. The first-order chi connectivity index (χ1) is 17.3. The molecule has 0 saturated carbocycles. The van der Waals surface area contributed by atoms with Crippen LogP contribution in [-0.2, 0) is 9.59 Å². The van der Waals surface area contributed by atoms with E-state index in [1.807, 2.05) is 26.1 Å². The lowest BCUT2D eigenvalue weighted by Crippen LogP contribution is -2.61. The first-order valence-corrected chi connectivity index (χ1v) is 12.3. The third-order valence-corrected chi connectivity index (χ3v) is 6.39. The Labute approximate surface area is 217 Å². The van der Waals surface area contributed by atoms with E-state index in [-0.39, 0.29) is 36.8 Å². The van der Waals surface area contributed by atoms with Crippen molar-refractivity contribution in [2.24, 2.45) is 5.41 Å². The Morgan fingerprint density at radius 1 is 1.22 bits per heavy atom. The Kier molecular flexibility index (Phi) is 7.50. The van der Waals surface area contributed by atoms with Gasteiger partial charge in [-0.15, -0.1) is 0 Å². The van der Waals surface area contributed by atoms with Crippen molar-refractivity contribution < 1.29 is 22.8 Å². The summed E-state index contributed by atoms with van der Waals surface area (Å²) in [7, 11) is 0. The van der Waals surface area contributed by atoms with Gasteiger partial charge in [0.25, 0.3) is 0 Å². The standard InChI is InChI=1S/C24H29ClF3N7O2/c1-23(2,3)9-19(36)34-6-7-35(17(12-34)22(37)32-13-24(26,27)28)18-4-5-29-21(33-18)16-11-31-20-15(16)8-14(25)10-30-20/h4-5,8,10,16-17H,6-7,9,11-13H2,1-3H3,(H,30,31)(H,32,37)/t16?,17-/m1/s1. The van der Waals surface area contributed by atoms with E-state index in [1.165, 1.54) is 11.1 Å². The minimum absolute atomic E-state index is 0.0503. The monoisotopic (exact) mass is 539 g/mol. The number of nitrogens with one attached hydrogen (secondary N) is 2. The van der Waals surface area contributed by atoms with Crippen LogP contribution in [0.15, 0.2) is 24.5 Å². The van der Waals surface area contributed by atoms with Crippen LogP contribution in [0.4, 0.5) is 24.8 Å². The van der Waals surface area contributed by atoms with Gasteiger partial charge in [0.2, 0.25) is 11.8 Å². The number of piperazine rings is 1. The Hall–Kier alpha value is -3.15. The molecule has 0 bridgehead atoms. The van der Waals surface area contributed by atoms with Crippen LogP contribution in [0.25, 0.3) is 0 Å². The SMILES string of the molecule is CC(C)(C)CC(=O)N1CCN(c2ccnc(C3CNc4ncc(Cl)cc43)n2)[C@@H](C(=O)NCC(F)(F)F)C1. The maximum atomic E-state index is 13.0. The van der Waals surface area contributed by atoms with Crippen LogP contribution in [0.5, 0.6) is 0 Å². The Morgan fingerprint density at radius 2 is 1.97 bits per heavy atom. The highest BCUT2D eigenvalue weighted by Gasteiger charge is 2.38. The Bertz CT molecular complexity index is 1170. The second-order valence-corrected chi connectivity index (χ2v) is 10.9. The van der Waals surface area contributed by atoms with Gasteiger partial charge >= 0.3 is 6.18 Å². The summed E-state index contributed by atoms with van der Waals surface area (Å²) in [5.74, 6) is 0.320. The molecule has 2 amide bonds. The minimum atomic E-state index is -4.56. The van der Waals surface area contributed by atoms with E-state index in [0.717, 1.165) is 5.56 Å². The molecule has 0 radical (unpaired) electrons. The molecule has 0 aliphatic carbocycles. The second kappa shape index (κ2) is 10.3. The van der Waals surface area contributed by atoms with Crippen LogP contribution in [0.3, 0.4) is 0 Å². The molecule has 13 heteroatoms. The topological polar surface area (TPSA) is 103 Å². The summed E-state index contributed by atoms with van der Waals surface area (Å²) in [5, 5.41) is 5.63. The normalized spacial score (nSPS) is 19.9. The van der Waals surface area contributed by atoms with Crippen LogP contribution in [0, 0.1) is 5.41 Å². The quantitative estimate of drug-likeness (QED) is 0.601. The molecule has 2 aromatic heterocycles. The second-order valence-electron chi connectivity index (χ2n) is 10.4. The molecule has 1 saturated heterocycles. The number of hydrogen-bond acceptors (Lipinski definition) is 7. The zero-order valence-electron chi connectivity index (χ0n) is 20.8. The van der Waals surface area contributed by atoms with Crippen molar-refractivity contribution in [1.82, 2.24) is 25.2 Å². The van der Waals surface area contributed by atoms with E-state index >= 15 is 0 Å². The molecule has 2 aromatic rings. The van der Waals surface area contributed by atoms with Crippen molar-refractivity contribution in [2.45, 2.75) is 45.3 Å². The van der Waals surface area contributed by atoms with Crippen molar-refractivity contribution in [1.29, 1.82) is 0 Å². The number of anilines is 2. The lowest BCUT2D eigenvalue weighted by atomic mass is 9.91. The number of amides is 2. The fourth-order valence-corrected chi connectivity index (χ4v) is 4.64. The van der Waals surface area contributed by atoms with Gasteiger partial charge in [0.1, 0.15) is 30.0 Å². The molecule has 1 fully saturated rings. The number of aromatic nitrogens is 3. The summed E-state index contributed by atoms with van der Waals surface area (Å²) in [6.07, 6.45) is -1.21. The molecule has 0 aromatic carbocycles. The van der Waals surface area contributed by atoms with Crippen LogP contribution < -0.4 is 15.5 Å². The number of pyridine rings is 1.